The van der Waals surface area contributed by atoms with E-state index in [-0.39, 0.29) is 11.5 Å². The summed E-state index contributed by atoms with van der Waals surface area (Å²) in [5.74, 6) is -3.11. The highest BCUT2D eigenvalue weighted by Gasteiger charge is 2.28. The van der Waals surface area contributed by atoms with Crippen LogP contribution in [0.15, 0.2) is 12.1 Å². The minimum Gasteiger partial charge on any atom is -0.381 e. The summed E-state index contributed by atoms with van der Waals surface area (Å²) in [6, 6.07) is 0.854. The Labute approximate surface area is 97.6 Å². The third kappa shape index (κ3) is 2.45. The molecule has 0 spiro atoms. The van der Waals surface area contributed by atoms with E-state index in [1.54, 1.807) is 0 Å². The van der Waals surface area contributed by atoms with Crippen LogP contribution in [-0.2, 0) is 4.74 Å². The molecule has 0 radical (unpaired) electrons. The third-order valence-electron chi connectivity index (χ3n) is 3.19. The summed E-state index contributed by atoms with van der Waals surface area (Å²) < 4.78 is 45.3. The molecule has 0 saturated carbocycles. The van der Waals surface area contributed by atoms with Crippen molar-refractivity contribution in [1.82, 2.24) is 0 Å². The number of benzene rings is 1. The number of hydrogen-bond donors (Lipinski definition) is 1. The maximum atomic E-state index is 13.5. The van der Waals surface area contributed by atoms with Crippen molar-refractivity contribution in [3.8, 4) is 0 Å². The van der Waals surface area contributed by atoms with Crippen molar-refractivity contribution in [2.75, 3.05) is 13.2 Å². The normalized spacial score (nSPS) is 19.3. The highest BCUT2D eigenvalue weighted by atomic mass is 19.2. The second-order valence-electron chi connectivity index (χ2n) is 4.23. The van der Waals surface area contributed by atoms with E-state index in [0.717, 1.165) is 12.1 Å². The van der Waals surface area contributed by atoms with Crippen molar-refractivity contribution in [1.29, 1.82) is 0 Å². The van der Waals surface area contributed by atoms with E-state index >= 15 is 0 Å². The Morgan fingerprint density at radius 3 is 2.35 bits per heavy atom. The molecule has 1 fully saturated rings. The summed E-state index contributed by atoms with van der Waals surface area (Å²) in [6.45, 7) is 1.05. The molecule has 0 bridgehead atoms. The third-order valence-corrected chi connectivity index (χ3v) is 3.19. The smallest absolute Gasteiger partial charge is 0.166 e. The van der Waals surface area contributed by atoms with Gasteiger partial charge < -0.3 is 10.5 Å². The molecule has 17 heavy (non-hydrogen) atoms. The van der Waals surface area contributed by atoms with Crippen LogP contribution in [0.25, 0.3) is 0 Å². The van der Waals surface area contributed by atoms with Crippen LogP contribution in [0.5, 0.6) is 0 Å². The molecule has 5 heteroatoms. The van der Waals surface area contributed by atoms with Gasteiger partial charge in [-0.25, -0.2) is 13.2 Å². The standard InChI is InChI=1S/C12H14F3NO/c13-8-1-2-9(14)11(15)10(8)12(16)7-3-5-17-6-4-7/h1-2,7,12H,3-6,16H2/t12-/m0/s1. The fourth-order valence-electron chi connectivity index (χ4n) is 2.16. The Balaban J connectivity index is 2.29. The zero-order chi connectivity index (χ0) is 12.4. The molecule has 2 nitrogen and oxygen atoms in total. The predicted octanol–water partition coefficient (Wildman–Crippen LogP) is 2.53. The van der Waals surface area contributed by atoms with Gasteiger partial charge in [0.05, 0.1) is 0 Å². The van der Waals surface area contributed by atoms with Gasteiger partial charge in [-0.1, -0.05) is 0 Å². The average molecular weight is 245 g/mol. The molecule has 1 saturated heterocycles. The summed E-state index contributed by atoms with van der Waals surface area (Å²) in [4.78, 5) is 0. The van der Waals surface area contributed by atoms with Crippen LogP contribution in [-0.4, -0.2) is 13.2 Å². The molecule has 1 aromatic rings. The Morgan fingerprint density at radius 1 is 1.12 bits per heavy atom. The van der Waals surface area contributed by atoms with E-state index in [4.69, 9.17) is 10.5 Å². The van der Waals surface area contributed by atoms with Crippen LogP contribution in [0.1, 0.15) is 24.4 Å². The van der Waals surface area contributed by atoms with Gasteiger partial charge in [0.25, 0.3) is 0 Å². The van der Waals surface area contributed by atoms with Gasteiger partial charge in [-0.15, -0.1) is 0 Å². The van der Waals surface area contributed by atoms with Gasteiger partial charge in [0.15, 0.2) is 11.6 Å². The Kier molecular flexibility index (Phi) is 3.69. The zero-order valence-electron chi connectivity index (χ0n) is 9.26. The lowest BCUT2D eigenvalue weighted by molar-refractivity contribution is 0.0575. The lowest BCUT2D eigenvalue weighted by Crippen LogP contribution is -2.29. The van der Waals surface area contributed by atoms with Crippen molar-refractivity contribution in [2.45, 2.75) is 18.9 Å². The van der Waals surface area contributed by atoms with Gasteiger partial charge >= 0.3 is 0 Å². The summed E-state index contributed by atoms with van der Waals surface area (Å²) in [5.41, 5.74) is 5.49. The fourth-order valence-corrected chi connectivity index (χ4v) is 2.16. The summed E-state index contributed by atoms with van der Waals surface area (Å²) in [7, 11) is 0. The molecular formula is C12H14F3NO. The molecule has 94 valence electrons. The van der Waals surface area contributed by atoms with Gasteiger partial charge in [0.1, 0.15) is 5.82 Å². The molecule has 1 atom stereocenters. The fraction of sp³-hybridized carbons (Fsp3) is 0.500. The van der Waals surface area contributed by atoms with Gasteiger partial charge in [-0.2, -0.15) is 0 Å². The van der Waals surface area contributed by atoms with E-state index in [1.165, 1.54) is 0 Å². The molecule has 1 aromatic carbocycles. The molecule has 1 aliphatic rings. The maximum Gasteiger partial charge on any atom is 0.166 e. The number of ether oxygens (including phenoxy) is 1. The molecule has 0 amide bonds. The zero-order valence-corrected chi connectivity index (χ0v) is 9.26. The van der Waals surface area contributed by atoms with Crippen molar-refractivity contribution < 1.29 is 17.9 Å². The topological polar surface area (TPSA) is 35.2 Å². The van der Waals surface area contributed by atoms with E-state index in [2.05, 4.69) is 0 Å². The molecule has 0 aliphatic carbocycles. The van der Waals surface area contributed by atoms with Crippen LogP contribution in [0.3, 0.4) is 0 Å². The molecule has 0 unspecified atom stereocenters. The van der Waals surface area contributed by atoms with Crippen LogP contribution in [0.4, 0.5) is 13.2 Å². The number of hydrogen-bond acceptors (Lipinski definition) is 2. The van der Waals surface area contributed by atoms with E-state index in [1.807, 2.05) is 0 Å². The second kappa shape index (κ2) is 5.06. The quantitative estimate of drug-likeness (QED) is 0.812. The second-order valence-corrected chi connectivity index (χ2v) is 4.23. The van der Waals surface area contributed by atoms with Gasteiger partial charge in [-0.05, 0) is 30.9 Å². The Bertz CT molecular complexity index is 405. The first-order chi connectivity index (χ1) is 8.11. The van der Waals surface area contributed by atoms with Gasteiger partial charge in [0.2, 0.25) is 0 Å². The van der Waals surface area contributed by atoms with Crippen molar-refractivity contribution in [3.05, 3.63) is 35.1 Å². The molecule has 2 rings (SSSR count). The molecule has 0 aromatic heterocycles. The monoisotopic (exact) mass is 245 g/mol. The summed E-state index contributed by atoms with van der Waals surface area (Å²) >= 11 is 0. The van der Waals surface area contributed by atoms with E-state index < -0.39 is 23.5 Å². The Morgan fingerprint density at radius 2 is 1.71 bits per heavy atom. The largest absolute Gasteiger partial charge is 0.381 e. The van der Waals surface area contributed by atoms with Crippen LogP contribution in [0.2, 0.25) is 0 Å². The summed E-state index contributed by atoms with van der Waals surface area (Å²) in [5, 5.41) is 0. The average Bonchev–Trinajstić information content (AvgIpc) is 2.35. The molecular weight excluding hydrogens is 231 g/mol. The molecule has 1 aliphatic heterocycles. The van der Waals surface area contributed by atoms with Crippen LogP contribution >= 0.6 is 0 Å². The van der Waals surface area contributed by atoms with E-state index in [0.29, 0.717) is 26.1 Å². The lowest BCUT2D eigenvalue weighted by atomic mass is 9.87. The van der Waals surface area contributed by atoms with E-state index in [9.17, 15) is 13.2 Å². The summed E-state index contributed by atoms with van der Waals surface area (Å²) in [6.07, 6.45) is 1.27. The predicted molar refractivity (Wildman–Crippen MR) is 56.8 cm³/mol. The van der Waals surface area contributed by atoms with Crippen LogP contribution in [0, 0.1) is 23.4 Å². The first kappa shape index (κ1) is 12.4. The highest BCUT2D eigenvalue weighted by molar-refractivity contribution is 5.25. The molecule has 2 N–H and O–H groups in total. The SMILES string of the molecule is N[C@H](c1c(F)ccc(F)c1F)C1CCOCC1. The lowest BCUT2D eigenvalue weighted by Gasteiger charge is -2.28. The minimum absolute atomic E-state index is 0.0745. The van der Waals surface area contributed by atoms with Gasteiger partial charge in [-0.3, -0.25) is 0 Å². The van der Waals surface area contributed by atoms with Gasteiger partial charge in [0, 0.05) is 24.8 Å². The number of rotatable bonds is 2. The van der Waals surface area contributed by atoms with Crippen molar-refractivity contribution in [3.63, 3.8) is 0 Å². The number of halogens is 3. The first-order valence-electron chi connectivity index (χ1n) is 5.58. The van der Waals surface area contributed by atoms with Crippen molar-refractivity contribution in [2.24, 2.45) is 11.7 Å². The Hall–Kier alpha value is -1.07. The highest BCUT2D eigenvalue weighted by Crippen LogP contribution is 2.31. The first-order valence-corrected chi connectivity index (χ1v) is 5.58. The van der Waals surface area contributed by atoms with Crippen molar-refractivity contribution >= 4 is 0 Å². The maximum absolute atomic E-state index is 13.5. The molecule has 1 heterocycles. The number of nitrogens with two attached hydrogens (primary N) is 1. The minimum atomic E-state index is -1.18. The van der Waals surface area contributed by atoms with Crippen LogP contribution < -0.4 is 5.73 Å².